The molecule has 0 saturated heterocycles. The van der Waals surface area contributed by atoms with Crippen molar-refractivity contribution in [2.75, 3.05) is 5.32 Å². The summed E-state index contributed by atoms with van der Waals surface area (Å²) in [5.74, 6) is 0.623. The van der Waals surface area contributed by atoms with E-state index in [9.17, 15) is 0 Å². The quantitative estimate of drug-likeness (QED) is 0.447. The molecule has 0 amide bonds. The van der Waals surface area contributed by atoms with Crippen molar-refractivity contribution < 1.29 is 4.74 Å². The van der Waals surface area contributed by atoms with Crippen LogP contribution in [-0.4, -0.2) is 0 Å². The zero-order chi connectivity index (χ0) is 19.4. The zero-order valence-corrected chi connectivity index (χ0v) is 17.4. The molecule has 3 aromatic rings. The molecule has 3 rings (SSSR count). The average Bonchev–Trinajstić information content (AvgIpc) is 2.63. The lowest BCUT2D eigenvalue weighted by Gasteiger charge is -2.13. The van der Waals surface area contributed by atoms with Gasteiger partial charge >= 0.3 is 0 Å². The molecule has 0 atom stereocenters. The molecule has 0 aliphatic rings. The van der Waals surface area contributed by atoms with Crippen LogP contribution in [0.1, 0.15) is 22.3 Å². The van der Waals surface area contributed by atoms with Crippen molar-refractivity contribution in [1.29, 1.82) is 0 Å². The molecule has 1 N–H and O–H groups in total. The molecule has 27 heavy (non-hydrogen) atoms. The summed E-state index contributed by atoms with van der Waals surface area (Å²) < 4.78 is 5.82. The zero-order valence-electron chi connectivity index (χ0n) is 15.2. The molecule has 0 aliphatic carbocycles. The Hall–Kier alpha value is -1.87. The minimum atomic E-state index is 0.329. The molecular weight excluding hydrogens is 401 g/mol. The molecule has 0 aromatic heterocycles. The lowest BCUT2D eigenvalue weighted by Crippen LogP contribution is -2.02. The Balaban J connectivity index is 1.64. The van der Waals surface area contributed by atoms with Gasteiger partial charge in [-0.15, -0.1) is 0 Å². The Kier molecular flexibility index (Phi) is 6.54. The molecule has 0 heterocycles. The van der Waals surface area contributed by atoms with E-state index < -0.39 is 0 Å². The third-order valence-electron chi connectivity index (χ3n) is 4.27. The van der Waals surface area contributed by atoms with E-state index in [-0.39, 0.29) is 0 Å². The fourth-order valence-electron chi connectivity index (χ4n) is 2.69. The minimum absolute atomic E-state index is 0.329. The molecular formula is C22H20Cl3NO. The second-order valence-electron chi connectivity index (χ2n) is 6.46. The fourth-order valence-corrected chi connectivity index (χ4v) is 3.41. The first kappa shape index (κ1) is 19.9. The van der Waals surface area contributed by atoms with Crippen molar-refractivity contribution >= 4 is 40.5 Å². The maximum absolute atomic E-state index is 6.39. The van der Waals surface area contributed by atoms with Gasteiger partial charge in [0.15, 0.2) is 0 Å². The summed E-state index contributed by atoms with van der Waals surface area (Å²) in [6, 6.07) is 17.5. The number of halogens is 3. The summed E-state index contributed by atoms with van der Waals surface area (Å²) in [6.07, 6.45) is 0. The highest BCUT2D eigenvalue weighted by molar-refractivity contribution is 6.35. The first-order valence-electron chi connectivity index (χ1n) is 8.58. The molecule has 5 heteroatoms. The third kappa shape index (κ3) is 5.32. The smallest absolute Gasteiger partial charge is 0.138 e. The summed E-state index contributed by atoms with van der Waals surface area (Å²) in [5, 5.41) is 5.20. The van der Waals surface area contributed by atoms with Gasteiger partial charge in [0.25, 0.3) is 0 Å². The lowest BCUT2D eigenvalue weighted by molar-refractivity contribution is 0.306. The van der Waals surface area contributed by atoms with Gasteiger partial charge in [0, 0.05) is 27.8 Å². The topological polar surface area (TPSA) is 21.3 Å². The molecule has 140 valence electrons. The van der Waals surface area contributed by atoms with E-state index in [2.05, 4.69) is 37.4 Å². The van der Waals surface area contributed by atoms with Crippen molar-refractivity contribution in [2.24, 2.45) is 0 Å². The number of aryl methyl sites for hydroxylation is 2. The molecule has 0 unspecified atom stereocenters. The fraction of sp³-hybridized carbons (Fsp3) is 0.182. The van der Waals surface area contributed by atoms with E-state index in [0.29, 0.717) is 34.0 Å². The Morgan fingerprint density at radius 1 is 0.852 bits per heavy atom. The number of hydrogen-bond acceptors (Lipinski definition) is 2. The van der Waals surface area contributed by atoms with E-state index in [1.54, 1.807) is 12.1 Å². The standard InChI is InChI=1S/C22H20Cl3NO/c1-14-3-4-15(2)21(9-14)26-12-16-5-8-22(20(25)10-16)27-13-17-6-7-18(23)11-19(17)24/h3-11,26H,12-13H2,1-2H3. The van der Waals surface area contributed by atoms with Gasteiger partial charge in [0.2, 0.25) is 0 Å². The van der Waals surface area contributed by atoms with Gasteiger partial charge in [0.05, 0.1) is 5.02 Å². The molecule has 0 aliphatic heterocycles. The molecule has 0 spiro atoms. The molecule has 0 radical (unpaired) electrons. The van der Waals surface area contributed by atoms with Crippen LogP contribution < -0.4 is 10.1 Å². The van der Waals surface area contributed by atoms with Crippen molar-refractivity contribution in [2.45, 2.75) is 27.0 Å². The molecule has 3 aromatic carbocycles. The van der Waals surface area contributed by atoms with Crippen LogP contribution in [0.4, 0.5) is 5.69 Å². The Labute approximate surface area is 175 Å². The van der Waals surface area contributed by atoms with Crippen LogP contribution in [0.2, 0.25) is 15.1 Å². The van der Waals surface area contributed by atoms with E-state index in [1.165, 1.54) is 11.1 Å². The van der Waals surface area contributed by atoms with Crippen molar-refractivity contribution in [3.05, 3.63) is 91.9 Å². The van der Waals surface area contributed by atoms with Gasteiger partial charge < -0.3 is 10.1 Å². The largest absolute Gasteiger partial charge is 0.487 e. The van der Waals surface area contributed by atoms with E-state index in [0.717, 1.165) is 16.8 Å². The summed E-state index contributed by atoms with van der Waals surface area (Å²) in [7, 11) is 0. The van der Waals surface area contributed by atoms with Gasteiger partial charge in [-0.25, -0.2) is 0 Å². The maximum atomic E-state index is 6.39. The van der Waals surface area contributed by atoms with E-state index in [1.807, 2.05) is 24.3 Å². The monoisotopic (exact) mass is 419 g/mol. The highest BCUT2D eigenvalue weighted by Gasteiger charge is 2.07. The first-order chi connectivity index (χ1) is 12.9. The summed E-state index contributed by atoms with van der Waals surface area (Å²) >= 11 is 18.5. The summed E-state index contributed by atoms with van der Waals surface area (Å²) in [6.45, 7) is 5.19. The van der Waals surface area contributed by atoms with Crippen molar-refractivity contribution in [3.8, 4) is 5.75 Å². The third-order valence-corrected chi connectivity index (χ3v) is 5.15. The number of nitrogens with one attached hydrogen (secondary N) is 1. The van der Waals surface area contributed by atoms with Crippen LogP contribution in [0.5, 0.6) is 5.75 Å². The molecule has 0 saturated carbocycles. The normalized spacial score (nSPS) is 10.7. The average molecular weight is 421 g/mol. The van der Waals surface area contributed by atoms with E-state index >= 15 is 0 Å². The van der Waals surface area contributed by atoms with Crippen LogP contribution in [0.15, 0.2) is 54.6 Å². The lowest BCUT2D eigenvalue weighted by atomic mass is 10.1. The second-order valence-corrected chi connectivity index (χ2v) is 7.71. The van der Waals surface area contributed by atoms with E-state index in [4.69, 9.17) is 39.5 Å². The highest BCUT2D eigenvalue weighted by atomic mass is 35.5. The van der Waals surface area contributed by atoms with Crippen molar-refractivity contribution in [3.63, 3.8) is 0 Å². The number of hydrogen-bond donors (Lipinski definition) is 1. The van der Waals surface area contributed by atoms with Crippen molar-refractivity contribution in [1.82, 2.24) is 0 Å². The predicted molar refractivity (Wildman–Crippen MR) is 115 cm³/mol. The Bertz CT molecular complexity index is 956. The minimum Gasteiger partial charge on any atom is -0.487 e. The van der Waals surface area contributed by atoms with Gasteiger partial charge in [-0.2, -0.15) is 0 Å². The van der Waals surface area contributed by atoms with Crippen LogP contribution in [-0.2, 0) is 13.2 Å². The molecule has 0 bridgehead atoms. The van der Waals surface area contributed by atoms with Crippen LogP contribution in [0.25, 0.3) is 0 Å². The second kappa shape index (κ2) is 8.88. The molecule has 2 nitrogen and oxygen atoms in total. The number of anilines is 1. The van der Waals surface area contributed by atoms with Crippen LogP contribution in [0.3, 0.4) is 0 Å². The van der Waals surface area contributed by atoms with Gasteiger partial charge in [-0.05, 0) is 60.9 Å². The summed E-state index contributed by atoms with van der Waals surface area (Å²) in [4.78, 5) is 0. The molecule has 0 fully saturated rings. The maximum Gasteiger partial charge on any atom is 0.138 e. The number of rotatable bonds is 6. The first-order valence-corrected chi connectivity index (χ1v) is 9.72. The SMILES string of the molecule is Cc1ccc(C)c(NCc2ccc(OCc3ccc(Cl)cc3Cl)c(Cl)c2)c1. The highest BCUT2D eigenvalue weighted by Crippen LogP contribution is 2.28. The van der Waals surface area contributed by atoms with Crippen LogP contribution >= 0.6 is 34.8 Å². The number of benzene rings is 3. The number of ether oxygens (including phenoxy) is 1. The summed E-state index contributed by atoms with van der Waals surface area (Å²) in [5.41, 5.74) is 5.51. The Morgan fingerprint density at radius 3 is 2.41 bits per heavy atom. The van der Waals surface area contributed by atoms with Gasteiger partial charge in [-0.3, -0.25) is 0 Å². The Morgan fingerprint density at radius 2 is 1.67 bits per heavy atom. The predicted octanol–water partition coefficient (Wildman–Crippen LogP) is 7.45. The van der Waals surface area contributed by atoms with Gasteiger partial charge in [0.1, 0.15) is 12.4 Å². The van der Waals surface area contributed by atoms with Crippen LogP contribution in [0, 0.1) is 13.8 Å². The van der Waals surface area contributed by atoms with Gasteiger partial charge in [-0.1, -0.05) is 59.1 Å².